The van der Waals surface area contributed by atoms with Crippen molar-refractivity contribution in [3.05, 3.63) is 75.5 Å². The smallest absolute Gasteiger partial charge is 0.272 e. The molecule has 1 atom stereocenters. The summed E-state index contributed by atoms with van der Waals surface area (Å²) in [5.74, 6) is -0.645. The topological polar surface area (TPSA) is 154 Å². The van der Waals surface area contributed by atoms with E-state index in [0.717, 1.165) is 83.8 Å². The predicted molar refractivity (Wildman–Crippen MR) is 206 cm³/mol. The van der Waals surface area contributed by atoms with E-state index < -0.39 is 17.8 Å². The zero-order chi connectivity index (χ0) is 38.2. The summed E-state index contributed by atoms with van der Waals surface area (Å²) in [4.78, 5) is 58.5. The van der Waals surface area contributed by atoms with Crippen LogP contribution in [0.5, 0.6) is 0 Å². The van der Waals surface area contributed by atoms with Gasteiger partial charge in [-0.2, -0.15) is 5.10 Å². The Labute approximate surface area is 321 Å². The van der Waals surface area contributed by atoms with Gasteiger partial charge in [0, 0.05) is 50.4 Å². The Morgan fingerprint density at radius 1 is 0.909 bits per heavy atom. The van der Waals surface area contributed by atoms with Gasteiger partial charge >= 0.3 is 0 Å². The minimum atomic E-state index is -0.592. The second-order valence-electron chi connectivity index (χ2n) is 16.9. The fraction of sp³-hybridized carbons (Fsp3) is 0.595. The van der Waals surface area contributed by atoms with Gasteiger partial charge in [-0.15, -0.1) is 0 Å². The molecule has 0 radical (unpaired) electrons. The number of H-pyrrole nitrogens is 1. The van der Waals surface area contributed by atoms with Gasteiger partial charge in [-0.05, 0) is 94.1 Å². The third kappa shape index (κ3) is 7.93. The van der Waals surface area contributed by atoms with Gasteiger partial charge in [0.25, 0.3) is 11.5 Å². The number of hydrogen-bond acceptors (Lipinski definition) is 8. The maximum Gasteiger partial charge on any atom is 0.272 e. The highest BCUT2D eigenvalue weighted by Gasteiger charge is 2.51. The quantitative estimate of drug-likeness (QED) is 0.299. The fourth-order valence-corrected chi connectivity index (χ4v) is 9.83. The number of ether oxygens (including phenoxy) is 1. The van der Waals surface area contributed by atoms with Crippen LogP contribution in [0.25, 0.3) is 10.8 Å². The number of nitrogens with two attached hydrogens (primary N) is 1. The van der Waals surface area contributed by atoms with Gasteiger partial charge in [-0.1, -0.05) is 43.5 Å². The normalized spacial score (nSPS) is 25.9. The predicted octanol–water partition coefficient (Wildman–Crippen LogP) is 3.76. The van der Waals surface area contributed by atoms with Gasteiger partial charge in [0.15, 0.2) is 0 Å². The number of halogens is 1. The van der Waals surface area contributed by atoms with Crippen molar-refractivity contribution in [3.8, 4) is 0 Å². The Balaban J connectivity index is 0.791. The largest absolute Gasteiger partial charge is 0.371 e. The molecule has 2 bridgehead atoms. The number of aromatic nitrogens is 2. The molecule has 2 aromatic carbocycles. The number of nitrogens with one attached hydrogen (secondary N) is 2. The number of aromatic amines is 1. The van der Waals surface area contributed by atoms with E-state index in [9.17, 15) is 19.2 Å². The van der Waals surface area contributed by atoms with Crippen LogP contribution in [-0.2, 0) is 20.7 Å². The van der Waals surface area contributed by atoms with Crippen LogP contribution >= 0.6 is 0 Å². The molecule has 55 heavy (non-hydrogen) atoms. The Morgan fingerprint density at radius 2 is 1.60 bits per heavy atom. The van der Waals surface area contributed by atoms with Crippen LogP contribution in [-0.4, -0.2) is 112 Å². The Morgan fingerprint density at radius 3 is 2.29 bits per heavy atom. The minimum absolute atomic E-state index is 0.00735. The van der Waals surface area contributed by atoms with Gasteiger partial charge in [0.05, 0.1) is 40.4 Å². The average Bonchev–Trinajstić information content (AvgIpc) is 3.23. The SMILES string of the molecule is N[C@@H](C(=O)NC12CCC(CN3CCC(C(=O)N4CCN(C(=O)c5cc(Cc6n[nH]c(=O)c7ccccc67)ccc5F)CC4)CC3)(CC1)OC2)C1CCCCC1. The Kier molecular flexibility index (Phi) is 10.8. The molecule has 4 N–H and O–H groups in total. The lowest BCUT2D eigenvalue weighted by Crippen LogP contribution is -2.67. The number of rotatable bonds is 9. The highest BCUT2D eigenvalue weighted by atomic mass is 19.1. The highest BCUT2D eigenvalue weighted by Crippen LogP contribution is 2.44. The van der Waals surface area contributed by atoms with E-state index in [1.165, 1.54) is 12.5 Å². The molecule has 4 aliphatic heterocycles. The van der Waals surface area contributed by atoms with Crippen molar-refractivity contribution in [2.24, 2.45) is 17.6 Å². The number of benzene rings is 2. The molecular weight excluding hydrogens is 702 g/mol. The number of hydrogen-bond donors (Lipinski definition) is 3. The highest BCUT2D eigenvalue weighted by molar-refractivity contribution is 5.95. The van der Waals surface area contributed by atoms with Gasteiger partial charge in [-0.25, -0.2) is 9.49 Å². The van der Waals surface area contributed by atoms with Crippen LogP contribution in [0.4, 0.5) is 4.39 Å². The molecule has 294 valence electrons. The molecule has 0 unspecified atom stereocenters. The number of likely N-dealkylation sites (tertiary alicyclic amines) is 1. The monoisotopic (exact) mass is 755 g/mol. The lowest BCUT2D eigenvalue weighted by molar-refractivity contribution is -0.176. The van der Waals surface area contributed by atoms with Crippen molar-refractivity contribution in [1.29, 1.82) is 0 Å². The average molecular weight is 756 g/mol. The number of nitrogens with zero attached hydrogens (tertiary/aromatic N) is 4. The molecule has 1 aromatic heterocycles. The Hall–Kier alpha value is -4.20. The summed E-state index contributed by atoms with van der Waals surface area (Å²) in [7, 11) is 0. The number of piperidine rings is 1. The number of carbonyl (C=O) groups excluding carboxylic acids is 3. The lowest BCUT2D eigenvalue weighted by Gasteiger charge is -2.55. The second kappa shape index (κ2) is 15.7. The Bertz CT molecular complexity index is 1940. The van der Waals surface area contributed by atoms with Crippen LogP contribution < -0.4 is 16.6 Å². The van der Waals surface area contributed by atoms with Crippen molar-refractivity contribution >= 4 is 28.5 Å². The summed E-state index contributed by atoms with van der Waals surface area (Å²) < 4.78 is 21.6. The van der Waals surface area contributed by atoms with Gasteiger partial charge in [0.2, 0.25) is 11.8 Å². The van der Waals surface area contributed by atoms with Crippen molar-refractivity contribution in [1.82, 2.24) is 30.2 Å². The van der Waals surface area contributed by atoms with Gasteiger partial charge in [-0.3, -0.25) is 19.2 Å². The zero-order valence-electron chi connectivity index (χ0n) is 31.7. The molecule has 6 fully saturated rings. The molecule has 2 aliphatic carbocycles. The van der Waals surface area contributed by atoms with Crippen LogP contribution in [0, 0.1) is 17.7 Å². The van der Waals surface area contributed by atoms with Crippen LogP contribution in [0.3, 0.4) is 0 Å². The summed E-state index contributed by atoms with van der Waals surface area (Å²) in [5, 5.41) is 11.3. The van der Waals surface area contributed by atoms with E-state index in [1.54, 1.807) is 29.2 Å². The van der Waals surface area contributed by atoms with Crippen LogP contribution in [0.1, 0.15) is 92.2 Å². The van der Waals surface area contributed by atoms with Gasteiger partial charge < -0.3 is 30.5 Å². The van der Waals surface area contributed by atoms with E-state index in [1.807, 2.05) is 17.0 Å². The molecule has 3 amide bonds. The molecule has 4 saturated heterocycles. The maximum atomic E-state index is 15.0. The van der Waals surface area contributed by atoms with Gasteiger partial charge in [0.1, 0.15) is 5.82 Å². The summed E-state index contributed by atoms with van der Waals surface area (Å²) in [6, 6.07) is 11.3. The second-order valence-corrected chi connectivity index (χ2v) is 16.9. The third-order valence-electron chi connectivity index (χ3n) is 13.4. The van der Waals surface area contributed by atoms with Crippen LogP contribution in [0.15, 0.2) is 47.3 Å². The number of carbonyl (C=O) groups is 3. The molecule has 13 heteroatoms. The molecular formula is C42H54FN7O5. The molecule has 12 nitrogen and oxygen atoms in total. The van der Waals surface area contributed by atoms with E-state index in [-0.39, 0.29) is 45.9 Å². The summed E-state index contributed by atoms with van der Waals surface area (Å²) in [6.07, 6.45) is 11.2. The van der Waals surface area contributed by atoms with Crippen molar-refractivity contribution in [2.75, 3.05) is 52.4 Å². The third-order valence-corrected chi connectivity index (χ3v) is 13.4. The molecule has 9 rings (SSSR count). The summed E-state index contributed by atoms with van der Waals surface area (Å²) >= 11 is 0. The summed E-state index contributed by atoms with van der Waals surface area (Å²) in [5.41, 5.74) is 6.97. The van der Waals surface area contributed by atoms with Crippen LogP contribution in [0.2, 0.25) is 0 Å². The first-order valence-electron chi connectivity index (χ1n) is 20.4. The molecule has 6 aliphatic rings. The van der Waals surface area contributed by atoms with Crippen molar-refractivity contribution in [2.45, 2.75) is 94.2 Å². The fourth-order valence-electron chi connectivity index (χ4n) is 9.83. The number of fused-ring (bicyclic) bond motifs is 4. The maximum absolute atomic E-state index is 15.0. The van der Waals surface area contributed by atoms with Crippen molar-refractivity contribution in [3.63, 3.8) is 0 Å². The summed E-state index contributed by atoms with van der Waals surface area (Å²) in [6.45, 7) is 4.55. The molecule has 5 heterocycles. The van der Waals surface area contributed by atoms with E-state index in [4.69, 9.17) is 10.5 Å². The van der Waals surface area contributed by atoms with E-state index in [0.29, 0.717) is 61.2 Å². The van der Waals surface area contributed by atoms with E-state index in [2.05, 4.69) is 20.4 Å². The molecule has 3 aromatic rings. The van der Waals surface area contributed by atoms with Crippen molar-refractivity contribution < 1.29 is 23.5 Å². The molecule has 2 saturated carbocycles. The first-order chi connectivity index (χ1) is 26.6. The number of amides is 3. The molecule has 0 spiro atoms. The van der Waals surface area contributed by atoms with E-state index >= 15 is 4.39 Å². The standard InChI is InChI=1S/C42H54FN7O5/c43-34-11-10-28(25-35-31-8-4-5-9-32(31)37(51)47-46-35)24-33(34)40(54)50-22-20-49(21-23-50)39(53)30-12-18-48(19-13-30)26-42-16-14-41(15-17-42,27-55-42)45-38(52)36(44)29-6-2-1-3-7-29/h4-5,8-11,24,29-30,36H,1-3,6-7,12-23,25-27,44H2,(H,45,52)(H,47,51)/t36-,41?,42?/m1/s1. The first-order valence-corrected chi connectivity index (χ1v) is 20.4. The minimum Gasteiger partial charge on any atom is -0.371 e. The lowest BCUT2D eigenvalue weighted by atomic mass is 9.70. The number of piperazine rings is 1. The first kappa shape index (κ1) is 37.7. The zero-order valence-corrected chi connectivity index (χ0v) is 31.7.